The number of hydrogen-bond acceptors (Lipinski definition) is 2. The van der Waals surface area contributed by atoms with Gasteiger partial charge in [0.25, 0.3) is 0 Å². The Morgan fingerprint density at radius 1 is 1.41 bits per heavy atom. The molecule has 2 nitrogen and oxygen atoms in total. The van der Waals surface area contributed by atoms with Gasteiger partial charge in [0.05, 0.1) is 11.6 Å². The summed E-state index contributed by atoms with van der Waals surface area (Å²) in [6, 6.07) is 7.58. The van der Waals surface area contributed by atoms with E-state index in [9.17, 15) is 0 Å². The first kappa shape index (κ1) is 12.4. The minimum absolute atomic E-state index is 0.261. The third-order valence-electron chi connectivity index (χ3n) is 3.59. The molecule has 0 heterocycles. The van der Waals surface area contributed by atoms with Crippen LogP contribution in [0.1, 0.15) is 43.7 Å². The van der Waals surface area contributed by atoms with Gasteiger partial charge in [0.1, 0.15) is 0 Å². The summed E-state index contributed by atoms with van der Waals surface area (Å²) in [4.78, 5) is 0. The molecule has 3 heteroatoms. The Morgan fingerprint density at radius 2 is 2.12 bits per heavy atom. The highest BCUT2D eigenvalue weighted by Gasteiger charge is 2.27. The minimum atomic E-state index is 0.261. The highest BCUT2D eigenvalue weighted by Crippen LogP contribution is 2.29. The Labute approximate surface area is 108 Å². The number of nitrogens with one attached hydrogen (secondary N) is 1. The maximum atomic E-state index is 8.77. The molecule has 90 valence electrons. The van der Waals surface area contributed by atoms with Crippen molar-refractivity contribution < 1.29 is 0 Å². The summed E-state index contributed by atoms with van der Waals surface area (Å²) in [5.41, 5.74) is 1.95. The van der Waals surface area contributed by atoms with Crippen LogP contribution in [0.4, 0.5) is 0 Å². The molecular formula is C14H17ClN2. The van der Waals surface area contributed by atoms with Crippen molar-refractivity contribution in [1.82, 2.24) is 5.32 Å². The first-order valence-electron chi connectivity index (χ1n) is 6.06. The van der Waals surface area contributed by atoms with Crippen LogP contribution in [0.25, 0.3) is 0 Å². The van der Waals surface area contributed by atoms with E-state index >= 15 is 0 Å². The molecule has 0 bridgehead atoms. The Bertz CT molecular complexity index is 442. The summed E-state index contributed by atoms with van der Waals surface area (Å²) in [5, 5.41) is 13.0. The van der Waals surface area contributed by atoms with Gasteiger partial charge in [0, 0.05) is 17.1 Å². The third kappa shape index (κ3) is 3.00. The number of nitrogens with zero attached hydrogens (tertiary/aromatic N) is 1. The molecule has 0 saturated heterocycles. The van der Waals surface area contributed by atoms with Crippen LogP contribution in [-0.4, -0.2) is 5.54 Å². The van der Waals surface area contributed by atoms with Crippen LogP contribution >= 0.6 is 11.6 Å². The van der Waals surface area contributed by atoms with Crippen molar-refractivity contribution in [2.45, 2.75) is 44.7 Å². The molecule has 1 N–H and O–H groups in total. The molecule has 0 unspecified atom stereocenters. The molecule has 0 aliphatic heterocycles. The molecule has 0 amide bonds. The average molecular weight is 249 g/mol. The van der Waals surface area contributed by atoms with Gasteiger partial charge >= 0.3 is 0 Å². The Morgan fingerprint density at radius 3 is 2.71 bits per heavy atom. The normalized spacial score (nSPS) is 17.9. The van der Waals surface area contributed by atoms with Gasteiger partial charge < -0.3 is 5.32 Å². The fourth-order valence-electron chi connectivity index (χ4n) is 2.40. The predicted molar refractivity (Wildman–Crippen MR) is 69.9 cm³/mol. The van der Waals surface area contributed by atoms with Gasteiger partial charge in [-0.15, -0.1) is 0 Å². The fraction of sp³-hybridized carbons (Fsp3) is 0.500. The van der Waals surface area contributed by atoms with Crippen molar-refractivity contribution in [2.24, 2.45) is 0 Å². The lowest BCUT2D eigenvalue weighted by molar-refractivity contribution is 0.363. The SMILES string of the molecule is CC1(NCc2ccc(C#N)cc2Cl)CCCC1. The Balaban J connectivity index is 2.02. The molecule has 0 radical (unpaired) electrons. The summed E-state index contributed by atoms with van der Waals surface area (Å²) in [6.07, 6.45) is 5.09. The summed E-state index contributed by atoms with van der Waals surface area (Å²) < 4.78 is 0. The zero-order valence-corrected chi connectivity index (χ0v) is 10.8. The molecule has 1 aromatic rings. The van der Waals surface area contributed by atoms with Gasteiger partial charge in [0.2, 0.25) is 0 Å². The predicted octanol–water partition coefficient (Wildman–Crippen LogP) is 3.63. The van der Waals surface area contributed by atoms with E-state index in [1.54, 1.807) is 6.07 Å². The van der Waals surface area contributed by atoms with Crippen LogP contribution in [0.5, 0.6) is 0 Å². The third-order valence-corrected chi connectivity index (χ3v) is 3.95. The smallest absolute Gasteiger partial charge is 0.0992 e. The monoisotopic (exact) mass is 248 g/mol. The van der Waals surface area contributed by atoms with Crippen molar-refractivity contribution in [3.05, 3.63) is 34.3 Å². The molecule has 0 aromatic heterocycles. The highest BCUT2D eigenvalue weighted by atomic mass is 35.5. The number of rotatable bonds is 3. The van der Waals surface area contributed by atoms with Gasteiger partial charge in [-0.1, -0.05) is 30.5 Å². The quantitative estimate of drug-likeness (QED) is 0.887. The second-order valence-electron chi connectivity index (χ2n) is 5.04. The molecule has 0 spiro atoms. The topological polar surface area (TPSA) is 35.8 Å². The summed E-state index contributed by atoms with van der Waals surface area (Å²) >= 11 is 6.15. The maximum Gasteiger partial charge on any atom is 0.0992 e. The molecule has 1 fully saturated rings. The van der Waals surface area contributed by atoms with E-state index in [2.05, 4.69) is 18.3 Å². The fourth-order valence-corrected chi connectivity index (χ4v) is 2.65. The van der Waals surface area contributed by atoms with E-state index in [0.717, 1.165) is 12.1 Å². The van der Waals surface area contributed by atoms with E-state index in [4.69, 9.17) is 16.9 Å². The van der Waals surface area contributed by atoms with Gasteiger partial charge in [-0.3, -0.25) is 0 Å². The number of benzene rings is 1. The molecule has 1 aliphatic rings. The van der Waals surface area contributed by atoms with Crippen molar-refractivity contribution in [3.8, 4) is 6.07 Å². The van der Waals surface area contributed by atoms with Crippen LogP contribution < -0.4 is 5.32 Å². The van der Waals surface area contributed by atoms with E-state index in [1.165, 1.54) is 25.7 Å². The van der Waals surface area contributed by atoms with Crippen molar-refractivity contribution >= 4 is 11.6 Å². The van der Waals surface area contributed by atoms with Gasteiger partial charge in [-0.2, -0.15) is 5.26 Å². The number of hydrogen-bond donors (Lipinski definition) is 1. The first-order chi connectivity index (χ1) is 8.13. The van der Waals surface area contributed by atoms with Crippen molar-refractivity contribution in [3.63, 3.8) is 0 Å². The zero-order valence-electron chi connectivity index (χ0n) is 10.1. The van der Waals surface area contributed by atoms with Gasteiger partial charge in [-0.25, -0.2) is 0 Å². The summed E-state index contributed by atoms with van der Waals surface area (Å²) in [5.74, 6) is 0. The summed E-state index contributed by atoms with van der Waals surface area (Å²) in [7, 11) is 0. The highest BCUT2D eigenvalue weighted by molar-refractivity contribution is 6.31. The molecule has 2 rings (SSSR count). The minimum Gasteiger partial charge on any atom is -0.307 e. The summed E-state index contributed by atoms with van der Waals surface area (Å²) in [6.45, 7) is 3.05. The molecule has 1 saturated carbocycles. The van der Waals surface area contributed by atoms with Crippen LogP contribution in [0.2, 0.25) is 5.02 Å². The number of halogens is 1. The van der Waals surface area contributed by atoms with Crippen LogP contribution in [0.15, 0.2) is 18.2 Å². The molecule has 17 heavy (non-hydrogen) atoms. The van der Waals surface area contributed by atoms with Crippen LogP contribution in [-0.2, 0) is 6.54 Å². The van der Waals surface area contributed by atoms with Gasteiger partial charge in [-0.05, 0) is 37.5 Å². The van der Waals surface area contributed by atoms with Crippen molar-refractivity contribution in [2.75, 3.05) is 0 Å². The second kappa shape index (κ2) is 5.08. The second-order valence-corrected chi connectivity index (χ2v) is 5.45. The molecular weight excluding hydrogens is 232 g/mol. The lowest BCUT2D eigenvalue weighted by atomic mass is 10.00. The van der Waals surface area contributed by atoms with E-state index < -0.39 is 0 Å². The van der Waals surface area contributed by atoms with Crippen LogP contribution in [0.3, 0.4) is 0 Å². The van der Waals surface area contributed by atoms with Crippen LogP contribution in [0, 0.1) is 11.3 Å². The number of nitriles is 1. The van der Waals surface area contributed by atoms with E-state index in [-0.39, 0.29) is 5.54 Å². The molecule has 0 atom stereocenters. The average Bonchev–Trinajstić information content (AvgIpc) is 2.75. The van der Waals surface area contributed by atoms with E-state index in [1.807, 2.05) is 12.1 Å². The van der Waals surface area contributed by atoms with Gasteiger partial charge in [0.15, 0.2) is 0 Å². The molecule has 1 aromatic carbocycles. The Kier molecular flexibility index (Phi) is 3.71. The Hall–Kier alpha value is -1.04. The standard InChI is InChI=1S/C14H17ClN2/c1-14(6-2-3-7-14)17-10-12-5-4-11(9-16)8-13(12)15/h4-5,8,17H,2-3,6-7,10H2,1H3. The van der Waals surface area contributed by atoms with Crippen molar-refractivity contribution in [1.29, 1.82) is 5.26 Å². The zero-order chi connectivity index (χ0) is 12.3. The maximum absolute atomic E-state index is 8.77. The lowest BCUT2D eigenvalue weighted by Gasteiger charge is -2.25. The lowest BCUT2D eigenvalue weighted by Crippen LogP contribution is -2.38. The largest absolute Gasteiger partial charge is 0.307 e. The van der Waals surface area contributed by atoms with E-state index in [0.29, 0.717) is 10.6 Å². The molecule has 1 aliphatic carbocycles. The first-order valence-corrected chi connectivity index (χ1v) is 6.44.